The summed E-state index contributed by atoms with van der Waals surface area (Å²) in [5.41, 5.74) is 5.49. The first-order valence-corrected chi connectivity index (χ1v) is 12.0. The van der Waals surface area contributed by atoms with Crippen molar-refractivity contribution in [3.63, 3.8) is 0 Å². The molecule has 1 aromatic heterocycles. The first kappa shape index (κ1) is 23.8. The average molecular weight is 494 g/mol. The number of hydrazone groups is 1. The Kier molecular flexibility index (Phi) is 7.22. The van der Waals surface area contributed by atoms with Crippen molar-refractivity contribution in [3.8, 4) is 5.69 Å². The fourth-order valence-corrected chi connectivity index (χ4v) is 4.20. The lowest BCUT2D eigenvalue weighted by Gasteiger charge is -2.21. The highest BCUT2D eigenvalue weighted by atomic mass is 35.5. The first-order chi connectivity index (χ1) is 15.1. The number of benzene rings is 2. The number of para-hydroxylation sites is 1. The molecule has 8 nitrogen and oxygen atoms in total. The number of anilines is 1. The monoisotopic (exact) mass is 493 g/mol. The summed E-state index contributed by atoms with van der Waals surface area (Å²) in [4.78, 5) is 12.4. The van der Waals surface area contributed by atoms with Crippen LogP contribution in [0.5, 0.6) is 0 Å². The molecule has 0 atom stereocenters. The van der Waals surface area contributed by atoms with Crippen LogP contribution < -0.4 is 9.73 Å². The summed E-state index contributed by atoms with van der Waals surface area (Å²) in [6.07, 6.45) is 2.38. The highest BCUT2D eigenvalue weighted by Crippen LogP contribution is 2.25. The lowest BCUT2D eigenvalue weighted by molar-refractivity contribution is -0.119. The molecule has 11 heteroatoms. The Hall–Kier alpha value is -2.88. The van der Waals surface area contributed by atoms with Crippen molar-refractivity contribution in [2.75, 3.05) is 17.1 Å². The van der Waals surface area contributed by atoms with Crippen LogP contribution in [0, 0.1) is 13.8 Å². The van der Waals surface area contributed by atoms with E-state index in [1.54, 1.807) is 23.7 Å². The second kappa shape index (κ2) is 9.72. The van der Waals surface area contributed by atoms with E-state index in [2.05, 4.69) is 15.6 Å². The lowest BCUT2D eigenvalue weighted by Crippen LogP contribution is -2.39. The molecule has 0 aliphatic carbocycles. The minimum atomic E-state index is -3.73. The molecule has 0 spiro atoms. The van der Waals surface area contributed by atoms with Gasteiger partial charge in [0.1, 0.15) is 6.54 Å². The van der Waals surface area contributed by atoms with E-state index in [1.807, 2.05) is 37.3 Å². The number of sulfonamides is 1. The molecule has 0 aliphatic heterocycles. The summed E-state index contributed by atoms with van der Waals surface area (Å²) in [6.45, 7) is 3.15. The predicted molar refractivity (Wildman–Crippen MR) is 127 cm³/mol. The highest BCUT2D eigenvalue weighted by Gasteiger charge is 2.21. The highest BCUT2D eigenvalue weighted by molar-refractivity contribution is 7.92. The maximum atomic E-state index is 12.4. The molecule has 0 bridgehead atoms. The van der Waals surface area contributed by atoms with E-state index in [9.17, 15) is 13.2 Å². The number of aromatic nitrogens is 2. The second-order valence-corrected chi connectivity index (χ2v) is 9.71. The molecular weight excluding hydrogens is 473 g/mol. The maximum absolute atomic E-state index is 12.4. The molecule has 1 amide bonds. The van der Waals surface area contributed by atoms with Crippen LogP contribution in [0.4, 0.5) is 5.69 Å². The van der Waals surface area contributed by atoms with Gasteiger partial charge in [-0.3, -0.25) is 9.10 Å². The SMILES string of the molecule is Cc1ccc(N(CC(=O)N/N=C\c2c(Cl)nn(-c3ccccc3)c2C)S(C)(=O)=O)cc1Cl. The van der Waals surface area contributed by atoms with Gasteiger partial charge >= 0.3 is 0 Å². The van der Waals surface area contributed by atoms with Crippen LogP contribution in [0.3, 0.4) is 0 Å². The Bertz CT molecular complexity index is 1270. The molecule has 1 heterocycles. The van der Waals surface area contributed by atoms with Crippen molar-refractivity contribution in [2.24, 2.45) is 5.10 Å². The van der Waals surface area contributed by atoms with E-state index in [0.29, 0.717) is 10.6 Å². The summed E-state index contributed by atoms with van der Waals surface area (Å²) in [7, 11) is -3.73. The van der Waals surface area contributed by atoms with Crippen LogP contribution in [0.1, 0.15) is 16.8 Å². The van der Waals surface area contributed by atoms with Gasteiger partial charge in [0.05, 0.1) is 35.1 Å². The zero-order valence-electron chi connectivity index (χ0n) is 17.6. The fourth-order valence-electron chi connectivity index (χ4n) is 2.92. The minimum Gasteiger partial charge on any atom is -0.271 e. The summed E-state index contributed by atoms with van der Waals surface area (Å²) >= 11 is 12.3. The van der Waals surface area contributed by atoms with Crippen molar-refractivity contribution in [2.45, 2.75) is 13.8 Å². The molecule has 0 unspecified atom stereocenters. The largest absolute Gasteiger partial charge is 0.271 e. The van der Waals surface area contributed by atoms with Crippen molar-refractivity contribution in [3.05, 3.63) is 75.5 Å². The Morgan fingerprint density at radius 3 is 2.50 bits per heavy atom. The van der Waals surface area contributed by atoms with Gasteiger partial charge in [-0.05, 0) is 43.7 Å². The minimum absolute atomic E-state index is 0.219. The van der Waals surface area contributed by atoms with Gasteiger partial charge in [-0.2, -0.15) is 10.2 Å². The molecule has 3 aromatic rings. The molecule has 0 fully saturated rings. The normalized spacial score (nSPS) is 11.7. The number of halogens is 2. The van der Waals surface area contributed by atoms with Gasteiger partial charge < -0.3 is 0 Å². The molecule has 2 aromatic carbocycles. The summed E-state index contributed by atoms with van der Waals surface area (Å²) in [5.74, 6) is -0.632. The number of nitrogens with one attached hydrogen (secondary N) is 1. The van der Waals surface area contributed by atoms with Crippen LogP contribution in [0.15, 0.2) is 53.6 Å². The van der Waals surface area contributed by atoms with E-state index < -0.39 is 22.5 Å². The lowest BCUT2D eigenvalue weighted by atomic mass is 10.2. The molecular formula is C21H21Cl2N5O3S. The zero-order chi connectivity index (χ0) is 23.5. The van der Waals surface area contributed by atoms with Gasteiger partial charge in [0.2, 0.25) is 10.0 Å². The van der Waals surface area contributed by atoms with Crippen LogP contribution in [0.25, 0.3) is 5.69 Å². The molecule has 168 valence electrons. The summed E-state index contributed by atoms with van der Waals surface area (Å²) < 4.78 is 27.1. The number of aryl methyl sites for hydroxylation is 1. The van der Waals surface area contributed by atoms with Gasteiger partial charge in [-0.1, -0.05) is 47.5 Å². The van der Waals surface area contributed by atoms with Crippen molar-refractivity contribution in [1.82, 2.24) is 15.2 Å². The van der Waals surface area contributed by atoms with Gasteiger partial charge in [0.25, 0.3) is 5.91 Å². The summed E-state index contributed by atoms with van der Waals surface area (Å²) in [6, 6.07) is 14.2. The van der Waals surface area contributed by atoms with Gasteiger partial charge in [-0.15, -0.1) is 0 Å². The Morgan fingerprint density at radius 2 is 1.88 bits per heavy atom. The number of hydrogen-bond acceptors (Lipinski definition) is 5. The van der Waals surface area contributed by atoms with Crippen LogP contribution in [-0.4, -0.2) is 43.1 Å². The second-order valence-electron chi connectivity index (χ2n) is 7.03. The van der Waals surface area contributed by atoms with Crippen molar-refractivity contribution in [1.29, 1.82) is 0 Å². The maximum Gasteiger partial charge on any atom is 0.260 e. The van der Waals surface area contributed by atoms with Crippen molar-refractivity contribution < 1.29 is 13.2 Å². The molecule has 0 aliphatic rings. The van der Waals surface area contributed by atoms with Crippen LogP contribution in [-0.2, 0) is 14.8 Å². The molecule has 32 heavy (non-hydrogen) atoms. The van der Waals surface area contributed by atoms with Crippen molar-refractivity contribution >= 4 is 51.0 Å². The Morgan fingerprint density at radius 1 is 1.19 bits per heavy atom. The standard InChI is InChI=1S/C21H21Cl2N5O3S/c1-14-9-10-17(11-19(14)22)27(32(3,30)31)13-20(29)25-24-12-18-15(2)28(26-21(18)23)16-7-5-4-6-8-16/h4-12H,13H2,1-3H3,(H,25,29)/b24-12-. The number of nitrogens with zero attached hydrogens (tertiary/aromatic N) is 4. The molecule has 3 rings (SSSR count). The Balaban J connectivity index is 1.75. The third kappa shape index (κ3) is 5.48. The van der Waals surface area contributed by atoms with E-state index in [-0.39, 0.29) is 10.8 Å². The number of rotatable bonds is 7. The third-order valence-corrected chi connectivity index (χ3v) is 6.46. The molecule has 1 N–H and O–H groups in total. The van der Waals surface area contributed by atoms with Gasteiger partial charge in [-0.25, -0.2) is 18.5 Å². The first-order valence-electron chi connectivity index (χ1n) is 9.44. The fraction of sp³-hybridized carbons (Fsp3) is 0.190. The van der Waals surface area contributed by atoms with E-state index in [1.165, 1.54) is 12.3 Å². The molecule has 0 saturated carbocycles. The number of carbonyl (C=O) groups excluding carboxylic acids is 1. The van der Waals surface area contributed by atoms with E-state index in [0.717, 1.165) is 27.5 Å². The summed E-state index contributed by atoms with van der Waals surface area (Å²) in [5, 5.41) is 8.83. The number of hydrogen-bond donors (Lipinski definition) is 1. The van der Waals surface area contributed by atoms with E-state index in [4.69, 9.17) is 23.2 Å². The van der Waals surface area contributed by atoms with Crippen LogP contribution >= 0.6 is 23.2 Å². The quantitative estimate of drug-likeness (QED) is 0.400. The van der Waals surface area contributed by atoms with E-state index >= 15 is 0 Å². The zero-order valence-corrected chi connectivity index (χ0v) is 19.9. The predicted octanol–water partition coefficient (Wildman–Crippen LogP) is 3.71. The molecule has 0 radical (unpaired) electrons. The average Bonchev–Trinajstić information content (AvgIpc) is 3.02. The van der Waals surface area contributed by atoms with Crippen LogP contribution in [0.2, 0.25) is 10.2 Å². The smallest absolute Gasteiger partial charge is 0.260 e. The topological polar surface area (TPSA) is 96.7 Å². The van der Waals surface area contributed by atoms with Gasteiger partial charge in [0.15, 0.2) is 5.15 Å². The Labute approximate surface area is 196 Å². The van der Waals surface area contributed by atoms with Gasteiger partial charge in [0, 0.05) is 5.02 Å². The number of carbonyl (C=O) groups is 1. The number of amides is 1. The third-order valence-electron chi connectivity index (χ3n) is 4.63. The molecule has 0 saturated heterocycles.